The van der Waals surface area contributed by atoms with Crippen molar-refractivity contribution in [2.45, 2.75) is 12.8 Å². The van der Waals surface area contributed by atoms with Crippen molar-refractivity contribution >= 4 is 34.7 Å². The summed E-state index contributed by atoms with van der Waals surface area (Å²) in [7, 11) is 4.76. The van der Waals surface area contributed by atoms with Crippen LogP contribution in [0.2, 0.25) is 0 Å². The highest BCUT2D eigenvalue weighted by Crippen LogP contribution is 2.40. The molecule has 1 aromatic carbocycles. The molecule has 2 aliphatic rings. The Bertz CT molecular complexity index is 759. The van der Waals surface area contributed by atoms with Crippen molar-refractivity contribution in [2.75, 3.05) is 52.5 Å². The Morgan fingerprint density at radius 3 is 2.41 bits per heavy atom. The van der Waals surface area contributed by atoms with E-state index in [0.717, 1.165) is 49.1 Å². The second kappa shape index (κ2) is 8.67. The number of carbonyl (C=O) groups is 2. The molecule has 0 saturated carbocycles. The number of amides is 2. The maximum absolute atomic E-state index is 12.5. The minimum Gasteiger partial charge on any atom is -0.496 e. The van der Waals surface area contributed by atoms with E-state index in [0.29, 0.717) is 22.8 Å². The number of thioether (sulfide) groups is 1. The standard InChI is InChI=1S/C19H24N2O5S/c1-24-9-8-21-18(22)17(27-19(21)23)11-13-10-16(26-3)14(12-15(13)25-2)20-6-4-5-7-20/h10-12H,4-9H2,1-3H3/b17-11+. The number of imide groups is 1. The fourth-order valence-electron chi connectivity index (χ4n) is 3.24. The van der Waals surface area contributed by atoms with Crippen molar-refractivity contribution in [3.8, 4) is 11.5 Å². The van der Waals surface area contributed by atoms with Crippen LogP contribution in [-0.4, -0.2) is 63.6 Å². The third-order valence-electron chi connectivity index (χ3n) is 4.66. The summed E-state index contributed by atoms with van der Waals surface area (Å²) < 4.78 is 16.1. The predicted molar refractivity (Wildman–Crippen MR) is 106 cm³/mol. The average Bonchev–Trinajstić information content (AvgIpc) is 3.29. The van der Waals surface area contributed by atoms with E-state index in [1.807, 2.05) is 12.1 Å². The Labute approximate surface area is 163 Å². The van der Waals surface area contributed by atoms with Crippen LogP contribution in [0.3, 0.4) is 0 Å². The lowest BCUT2D eigenvalue weighted by molar-refractivity contribution is -0.123. The van der Waals surface area contributed by atoms with Crippen molar-refractivity contribution in [3.63, 3.8) is 0 Å². The quantitative estimate of drug-likeness (QED) is 0.661. The number of anilines is 1. The van der Waals surface area contributed by atoms with Crippen LogP contribution in [0.15, 0.2) is 17.0 Å². The number of methoxy groups -OCH3 is 3. The second-order valence-corrected chi connectivity index (χ2v) is 7.28. The second-order valence-electron chi connectivity index (χ2n) is 6.29. The number of rotatable bonds is 7. The number of hydrogen-bond donors (Lipinski definition) is 0. The Kier molecular flexibility index (Phi) is 6.28. The van der Waals surface area contributed by atoms with Gasteiger partial charge in [-0.3, -0.25) is 14.5 Å². The van der Waals surface area contributed by atoms with Gasteiger partial charge in [-0.25, -0.2) is 0 Å². The summed E-state index contributed by atoms with van der Waals surface area (Å²) in [6.07, 6.45) is 4.00. The molecule has 2 aliphatic heterocycles. The van der Waals surface area contributed by atoms with Crippen molar-refractivity contribution in [1.82, 2.24) is 4.90 Å². The molecule has 0 aliphatic carbocycles. The van der Waals surface area contributed by atoms with E-state index in [2.05, 4.69) is 4.90 Å². The Morgan fingerprint density at radius 1 is 1.07 bits per heavy atom. The smallest absolute Gasteiger partial charge is 0.293 e. The first kappa shape index (κ1) is 19.6. The minimum absolute atomic E-state index is 0.243. The van der Waals surface area contributed by atoms with E-state index in [9.17, 15) is 9.59 Å². The lowest BCUT2D eigenvalue weighted by Gasteiger charge is -2.22. The summed E-state index contributed by atoms with van der Waals surface area (Å²) in [6, 6.07) is 3.79. The highest BCUT2D eigenvalue weighted by atomic mass is 32.2. The molecule has 0 spiro atoms. The molecule has 2 heterocycles. The molecule has 27 heavy (non-hydrogen) atoms. The van der Waals surface area contributed by atoms with Crippen molar-refractivity contribution in [1.29, 1.82) is 0 Å². The molecule has 0 radical (unpaired) electrons. The van der Waals surface area contributed by atoms with E-state index in [1.165, 1.54) is 12.0 Å². The molecule has 2 saturated heterocycles. The summed E-state index contributed by atoms with van der Waals surface area (Å²) in [5, 5.41) is -0.289. The molecule has 2 amide bonds. The van der Waals surface area contributed by atoms with Crippen LogP contribution in [-0.2, 0) is 9.53 Å². The zero-order valence-electron chi connectivity index (χ0n) is 15.8. The third-order valence-corrected chi connectivity index (χ3v) is 5.56. The molecule has 3 rings (SSSR count). The largest absolute Gasteiger partial charge is 0.496 e. The van der Waals surface area contributed by atoms with E-state index >= 15 is 0 Å². The van der Waals surface area contributed by atoms with E-state index in [4.69, 9.17) is 14.2 Å². The van der Waals surface area contributed by atoms with Crippen LogP contribution in [0.25, 0.3) is 6.08 Å². The zero-order valence-corrected chi connectivity index (χ0v) is 16.6. The normalized spacial score (nSPS) is 18.7. The fourth-order valence-corrected chi connectivity index (χ4v) is 4.10. The topological polar surface area (TPSA) is 68.3 Å². The Hall–Kier alpha value is -2.19. The van der Waals surface area contributed by atoms with Crippen LogP contribution >= 0.6 is 11.8 Å². The van der Waals surface area contributed by atoms with Gasteiger partial charge in [-0.1, -0.05) is 0 Å². The number of benzene rings is 1. The molecule has 0 aromatic heterocycles. The van der Waals surface area contributed by atoms with Crippen molar-refractivity contribution in [2.24, 2.45) is 0 Å². The van der Waals surface area contributed by atoms with Crippen LogP contribution in [0.4, 0.5) is 10.5 Å². The van der Waals surface area contributed by atoms with Gasteiger partial charge in [-0.05, 0) is 36.7 Å². The summed E-state index contributed by atoms with van der Waals surface area (Å²) >= 11 is 0.925. The summed E-state index contributed by atoms with van der Waals surface area (Å²) in [6.45, 7) is 2.52. The van der Waals surface area contributed by atoms with Crippen LogP contribution < -0.4 is 14.4 Å². The van der Waals surface area contributed by atoms with Gasteiger partial charge >= 0.3 is 0 Å². The summed E-state index contributed by atoms with van der Waals surface area (Å²) in [4.78, 5) is 28.5. The number of ether oxygens (including phenoxy) is 3. The molecule has 8 heteroatoms. The van der Waals surface area contributed by atoms with E-state index < -0.39 is 0 Å². The molecule has 0 bridgehead atoms. The summed E-state index contributed by atoms with van der Waals surface area (Å²) in [5.74, 6) is 1.05. The van der Waals surface area contributed by atoms with Gasteiger partial charge in [-0.2, -0.15) is 0 Å². The monoisotopic (exact) mass is 392 g/mol. The maximum atomic E-state index is 12.5. The van der Waals surface area contributed by atoms with Gasteiger partial charge in [0, 0.05) is 31.8 Å². The highest BCUT2D eigenvalue weighted by Gasteiger charge is 2.35. The first-order valence-corrected chi connectivity index (χ1v) is 9.66. The number of hydrogen-bond acceptors (Lipinski definition) is 7. The van der Waals surface area contributed by atoms with E-state index in [1.54, 1.807) is 20.3 Å². The average molecular weight is 392 g/mol. The zero-order chi connectivity index (χ0) is 19.4. The molecular formula is C19H24N2O5S. The molecule has 7 nitrogen and oxygen atoms in total. The van der Waals surface area contributed by atoms with Crippen molar-refractivity contribution < 1.29 is 23.8 Å². The van der Waals surface area contributed by atoms with Crippen LogP contribution in [0.1, 0.15) is 18.4 Å². The minimum atomic E-state index is -0.313. The van der Waals surface area contributed by atoms with Crippen molar-refractivity contribution in [3.05, 3.63) is 22.6 Å². The molecule has 1 aromatic rings. The van der Waals surface area contributed by atoms with Gasteiger partial charge in [0.15, 0.2) is 0 Å². The maximum Gasteiger partial charge on any atom is 0.293 e. The van der Waals surface area contributed by atoms with Gasteiger partial charge in [0.25, 0.3) is 11.1 Å². The molecule has 2 fully saturated rings. The molecule has 0 atom stereocenters. The fraction of sp³-hybridized carbons (Fsp3) is 0.474. The predicted octanol–water partition coefficient (Wildman–Crippen LogP) is 2.99. The molecule has 0 unspecified atom stereocenters. The Balaban J connectivity index is 1.93. The lowest BCUT2D eigenvalue weighted by Crippen LogP contribution is -2.31. The molecular weight excluding hydrogens is 368 g/mol. The molecule has 146 valence electrons. The Morgan fingerprint density at radius 2 is 1.78 bits per heavy atom. The first-order valence-electron chi connectivity index (χ1n) is 8.84. The van der Waals surface area contributed by atoms with Crippen LogP contribution in [0.5, 0.6) is 11.5 Å². The van der Waals surface area contributed by atoms with Gasteiger partial charge < -0.3 is 19.1 Å². The SMILES string of the molecule is COCCN1C(=O)S/C(=C/c2cc(OC)c(N3CCCC3)cc2OC)C1=O. The van der Waals surface area contributed by atoms with Gasteiger partial charge in [0.1, 0.15) is 11.5 Å². The number of nitrogens with zero attached hydrogens (tertiary/aromatic N) is 2. The summed E-state index contributed by atoms with van der Waals surface area (Å²) in [5.41, 5.74) is 1.69. The van der Waals surface area contributed by atoms with E-state index in [-0.39, 0.29) is 17.7 Å². The molecule has 0 N–H and O–H groups in total. The lowest BCUT2D eigenvalue weighted by atomic mass is 10.1. The van der Waals surface area contributed by atoms with Gasteiger partial charge in [-0.15, -0.1) is 0 Å². The first-order chi connectivity index (χ1) is 13.1. The van der Waals surface area contributed by atoms with Crippen LogP contribution in [0, 0.1) is 0 Å². The highest BCUT2D eigenvalue weighted by molar-refractivity contribution is 8.18. The van der Waals surface area contributed by atoms with Gasteiger partial charge in [0.05, 0.1) is 38.0 Å². The third kappa shape index (κ3) is 4.06. The van der Waals surface area contributed by atoms with Gasteiger partial charge in [0.2, 0.25) is 0 Å². The number of carbonyl (C=O) groups excluding carboxylic acids is 2.